The van der Waals surface area contributed by atoms with Crippen LogP contribution in [0, 0.1) is 24.4 Å². The molecule has 0 saturated carbocycles. The fraction of sp³-hybridized carbons (Fsp3) is 0.133. The monoisotopic (exact) mass is 369 g/mol. The van der Waals surface area contributed by atoms with Gasteiger partial charge < -0.3 is 10.4 Å². The second-order valence-corrected chi connectivity index (χ2v) is 5.58. The topological polar surface area (TPSA) is 86.7 Å². The van der Waals surface area contributed by atoms with Crippen LogP contribution in [0.3, 0.4) is 0 Å². The van der Waals surface area contributed by atoms with Gasteiger partial charge in [-0.1, -0.05) is 11.6 Å². The molecule has 0 saturated heterocycles. The van der Waals surface area contributed by atoms with Gasteiger partial charge in [0.05, 0.1) is 6.20 Å². The van der Waals surface area contributed by atoms with Crippen LogP contribution in [0.4, 0.5) is 24.8 Å². The number of aliphatic hydroxyl groups excluding tert-OH is 1. The third kappa shape index (κ3) is 3.57. The zero-order chi connectivity index (χ0) is 18.1. The number of nitrogens with one attached hydrogen (secondary N) is 2. The Morgan fingerprint density at radius 1 is 1.16 bits per heavy atom. The van der Waals surface area contributed by atoms with E-state index < -0.39 is 29.1 Å². The first-order valence-electron chi connectivity index (χ1n) is 6.99. The van der Waals surface area contributed by atoms with E-state index in [4.69, 9.17) is 11.6 Å². The minimum absolute atomic E-state index is 0.111. The minimum atomic E-state index is -1.71. The van der Waals surface area contributed by atoms with Crippen molar-refractivity contribution in [2.45, 2.75) is 13.0 Å². The van der Waals surface area contributed by atoms with E-state index in [0.29, 0.717) is 18.0 Å². The van der Waals surface area contributed by atoms with Gasteiger partial charge >= 0.3 is 0 Å². The number of anilines is 2. The highest BCUT2D eigenvalue weighted by Gasteiger charge is 2.22. The van der Waals surface area contributed by atoms with Crippen LogP contribution in [-0.2, 0) is 0 Å². The van der Waals surface area contributed by atoms with Gasteiger partial charge in [0.25, 0.3) is 0 Å². The number of aromatic nitrogens is 4. The molecule has 0 bridgehead atoms. The molecule has 2 heterocycles. The molecule has 0 fully saturated rings. The zero-order valence-corrected chi connectivity index (χ0v) is 13.4. The molecule has 3 aromatic rings. The Hall–Kier alpha value is -2.65. The van der Waals surface area contributed by atoms with Gasteiger partial charge in [0.15, 0.2) is 29.1 Å². The quantitative estimate of drug-likeness (QED) is 0.613. The first kappa shape index (κ1) is 17.2. The van der Waals surface area contributed by atoms with E-state index in [0.717, 1.165) is 5.69 Å². The fourth-order valence-electron chi connectivity index (χ4n) is 2.09. The SMILES string of the molecule is Cc1cc(Nc2nc(C(O)c3cc(F)c(F)cc3F)ncc2Cl)n[nH]1. The Labute approximate surface area is 144 Å². The Kier molecular flexibility index (Phi) is 4.60. The van der Waals surface area contributed by atoms with Crippen LogP contribution in [0.25, 0.3) is 0 Å². The number of H-pyrrole nitrogens is 1. The molecule has 25 heavy (non-hydrogen) atoms. The third-order valence-corrected chi connectivity index (χ3v) is 3.57. The molecule has 3 rings (SSSR count). The number of nitrogens with zero attached hydrogens (tertiary/aromatic N) is 3. The van der Waals surface area contributed by atoms with Gasteiger partial charge in [0.1, 0.15) is 16.9 Å². The van der Waals surface area contributed by atoms with Gasteiger partial charge in [-0.15, -0.1) is 0 Å². The lowest BCUT2D eigenvalue weighted by Crippen LogP contribution is -2.10. The summed E-state index contributed by atoms with van der Waals surface area (Å²) in [5.41, 5.74) is 0.291. The first-order valence-corrected chi connectivity index (χ1v) is 7.37. The number of aryl methyl sites for hydroxylation is 1. The molecule has 1 aromatic carbocycles. The smallest absolute Gasteiger partial charge is 0.164 e. The van der Waals surface area contributed by atoms with Crippen molar-refractivity contribution < 1.29 is 18.3 Å². The van der Waals surface area contributed by atoms with Crippen LogP contribution in [-0.4, -0.2) is 25.3 Å². The molecule has 3 N–H and O–H groups in total. The fourth-order valence-corrected chi connectivity index (χ4v) is 2.23. The molecule has 0 spiro atoms. The minimum Gasteiger partial charge on any atom is -0.380 e. The summed E-state index contributed by atoms with van der Waals surface area (Å²) >= 11 is 5.99. The summed E-state index contributed by atoms with van der Waals surface area (Å²) < 4.78 is 40.2. The predicted molar refractivity (Wildman–Crippen MR) is 84.0 cm³/mol. The molecule has 0 aliphatic carbocycles. The van der Waals surface area contributed by atoms with Crippen LogP contribution >= 0.6 is 11.6 Å². The Bertz CT molecular complexity index is 934. The number of halogens is 4. The lowest BCUT2D eigenvalue weighted by Gasteiger charge is -2.13. The summed E-state index contributed by atoms with van der Waals surface area (Å²) in [5, 5.41) is 19.8. The molecule has 6 nitrogen and oxygen atoms in total. The summed E-state index contributed by atoms with van der Waals surface area (Å²) in [5.74, 6) is -3.50. The van der Waals surface area contributed by atoms with Gasteiger partial charge in [-0.2, -0.15) is 5.10 Å². The molecule has 0 amide bonds. The predicted octanol–water partition coefficient (Wildman–Crippen LogP) is 3.40. The summed E-state index contributed by atoms with van der Waals surface area (Å²) in [6, 6.07) is 2.58. The lowest BCUT2D eigenvalue weighted by atomic mass is 10.1. The Morgan fingerprint density at radius 3 is 2.56 bits per heavy atom. The van der Waals surface area contributed by atoms with Crippen molar-refractivity contribution in [3.05, 3.63) is 64.0 Å². The normalized spacial score (nSPS) is 12.2. The lowest BCUT2D eigenvalue weighted by molar-refractivity contribution is 0.204. The summed E-state index contributed by atoms with van der Waals surface area (Å²) in [6.45, 7) is 1.79. The summed E-state index contributed by atoms with van der Waals surface area (Å²) in [6.07, 6.45) is -0.527. The molecular weight excluding hydrogens is 359 g/mol. The molecule has 0 radical (unpaired) electrons. The molecule has 0 aliphatic rings. The van der Waals surface area contributed by atoms with E-state index in [1.807, 2.05) is 0 Å². The molecule has 1 atom stereocenters. The highest BCUT2D eigenvalue weighted by molar-refractivity contribution is 6.32. The van der Waals surface area contributed by atoms with Gasteiger partial charge in [-0.25, -0.2) is 23.1 Å². The van der Waals surface area contributed by atoms with Crippen molar-refractivity contribution in [3.8, 4) is 0 Å². The average Bonchev–Trinajstić information content (AvgIpc) is 2.97. The molecule has 2 aromatic heterocycles. The van der Waals surface area contributed by atoms with E-state index in [1.54, 1.807) is 13.0 Å². The van der Waals surface area contributed by atoms with Gasteiger partial charge in [-0.3, -0.25) is 5.10 Å². The van der Waals surface area contributed by atoms with Gasteiger partial charge in [0.2, 0.25) is 0 Å². The number of hydrogen-bond donors (Lipinski definition) is 3. The number of benzene rings is 1. The Morgan fingerprint density at radius 2 is 1.88 bits per heavy atom. The van der Waals surface area contributed by atoms with Crippen molar-refractivity contribution in [3.63, 3.8) is 0 Å². The number of rotatable bonds is 4. The highest BCUT2D eigenvalue weighted by atomic mass is 35.5. The summed E-state index contributed by atoms with van der Waals surface area (Å²) in [4.78, 5) is 7.82. The zero-order valence-electron chi connectivity index (χ0n) is 12.7. The van der Waals surface area contributed by atoms with E-state index in [-0.39, 0.29) is 16.7 Å². The largest absolute Gasteiger partial charge is 0.380 e. The van der Waals surface area contributed by atoms with Gasteiger partial charge in [-0.05, 0) is 13.0 Å². The third-order valence-electron chi connectivity index (χ3n) is 3.29. The van der Waals surface area contributed by atoms with Crippen LogP contribution in [0.1, 0.15) is 23.2 Å². The van der Waals surface area contributed by atoms with E-state index in [1.165, 1.54) is 6.20 Å². The molecule has 130 valence electrons. The van der Waals surface area contributed by atoms with Crippen molar-refractivity contribution in [1.82, 2.24) is 20.2 Å². The van der Waals surface area contributed by atoms with Crippen molar-refractivity contribution in [1.29, 1.82) is 0 Å². The van der Waals surface area contributed by atoms with E-state index >= 15 is 0 Å². The van der Waals surface area contributed by atoms with Crippen LogP contribution < -0.4 is 5.32 Å². The highest BCUT2D eigenvalue weighted by Crippen LogP contribution is 2.28. The molecular formula is C15H11ClF3N5O. The molecule has 0 aliphatic heterocycles. The molecule has 1 unspecified atom stereocenters. The maximum atomic E-state index is 13.8. The van der Waals surface area contributed by atoms with Crippen molar-refractivity contribution >= 4 is 23.2 Å². The second kappa shape index (κ2) is 6.69. The maximum Gasteiger partial charge on any atom is 0.164 e. The Balaban J connectivity index is 1.95. The van der Waals surface area contributed by atoms with Crippen LogP contribution in [0.15, 0.2) is 24.4 Å². The maximum absolute atomic E-state index is 13.8. The van der Waals surface area contributed by atoms with Crippen LogP contribution in [0.2, 0.25) is 5.02 Å². The van der Waals surface area contributed by atoms with E-state index in [2.05, 4.69) is 25.5 Å². The van der Waals surface area contributed by atoms with Crippen molar-refractivity contribution in [2.24, 2.45) is 0 Å². The first-order chi connectivity index (χ1) is 11.8. The number of aromatic amines is 1. The summed E-state index contributed by atoms with van der Waals surface area (Å²) in [7, 11) is 0. The van der Waals surface area contributed by atoms with Crippen LogP contribution in [0.5, 0.6) is 0 Å². The second-order valence-electron chi connectivity index (χ2n) is 5.18. The standard InChI is InChI=1S/C15H11ClF3N5O/c1-6-2-12(24-23-6)21-14-8(16)5-20-15(22-14)13(25)7-3-10(18)11(19)4-9(7)17/h2-5,13,25H,1H3,(H2,20,21,22,23,24). The van der Waals surface area contributed by atoms with E-state index in [9.17, 15) is 18.3 Å². The number of aliphatic hydroxyl groups is 1. The number of hydrogen-bond acceptors (Lipinski definition) is 5. The molecule has 10 heteroatoms. The van der Waals surface area contributed by atoms with Crippen molar-refractivity contribution in [2.75, 3.05) is 5.32 Å². The average molecular weight is 370 g/mol. The van der Waals surface area contributed by atoms with Gasteiger partial charge in [0, 0.05) is 23.4 Å².